The summed E-state index contributed by atoms with van der Waals surface area (Å²) in [6, 6.07) is 10.9. The van der Waals surface area contributed by atoms with Crippen LogP contribution in [0.25, 0.3) is 22.0 Å². The quantitative estimate of drug-likeness (QED) is 0.279. The first-order chi connectivity index (χ1) is 18.9. The Morgan fingerprint density at radius 1 is 1.10 bits per heavy atom. The van der Waals surface area contributed by atoms with Gasteiger partial charge in [-0.1, -0.05) is 25.6 Å². The van der Waals surface area contributed by atoms with E-state index in [-0.39, 0.29) is 41.6 Å². The Kier molecular flexibility index (Phi) is 7.63. The van der Waals surface area contributed by atoms with E-state index in [1.54, 1.807) is 0 Å². The molecule has 0 aliphatic carbocycles. The fraction of sp³-hybridized carbons (Fsp3) is 0.148. The molecule has 0 atom stereocenters. The number of nitrogens with zero attached hydrogens (tertiary/aromatic N) is 3. The largest absolute Gasteiger partial charge is 0.416 e. The lowest BCUT2D eigenvalue weighted by Gasteiger charge is -2.13. The Bertz CT molecular complexity index is 1940. The molecule has 5 rings (SSSR count). The number of H-pyrrole nitrogens is 1. The molecule has 0 saturated heterocycles. The molecule has 3 heterocycles. The molecule has 2 aromatic carbocycles. The van der Waals surface area contributed by atoms with Crippen LogP contribution in [0.15, 0.2) is 83.1 Å². The Balaban J connectivity index is 0.00000387. The van der Waals surface area contributed by atoms with E-state index in [9.17, 15) is 35.6 Å². The minimum absolute atomic E-state index is 0. The summed E-state index contributed by atoms with van der Waals surface area (Å²) in [6.07, 6.45) is -1.14. The first-order valence-electron chi connectivity index (χ1n) is 11.6. The van der Waals surface area contributed by atoms with Crippen LogP contribution in [-0.4, -0.2) is 33.4 Å². The second kappa shape index (κ2) is 10.7. The number of carbonyl (C=O) groups is 1. The van der Waals surface area contributed by atoms with Gasteiger partial charge in [-0.25, -0.2) is 14.1 Å². The molecule has 1 amide bonds. The van der Waals surface area contributed by atoms with Crippen molar-refractivity contribution in [3.05, 3.63) is 106 Å². The van der Waals surface area contributed by atoms with Crippen molar-refractivity contribution in [3.63, 3.8) is 0 Å². The number of hydrogen-bond acceptors (Lipinski definition) is 5. The number of carbonyl (C=O) groups excluding carboxylic acids is 1. The van der Waals surface area contributed by atoms with Gasteiger partial charge in [0.05, 0.1) is 18.4 Å². The van der Waals surface area contributed by atoms with E-state index in [1.807, 2.05) is 4.72 Å². The van der Waals surface area contributed by atoms with E-state index in [1.165, 1.54) is 59.0 Å². The standard InChI is InChI=1S/C26H19F4N5O4S.CH4/c1-34-13-21(32-14-34)40(38,39)33-25(37)23-22(17-6-4-10-31-24(17)36)18-11-16(26(28,29)30)8-9-20(18)35(23)12-15-5-2-3-7-19(15)27;/h2-11,13-14H,12H2,1H3,(H,31,36)(H,33,37);1H4. The average molecular weight is 590 g/mol. The number of fused-ring (bicyclic) bond motifs is 1. The van der Waals surface area contributed by atoms with Crippen LogP contribution in [0.3, 0.4) is 0 Å². The maximum absolute atomic E-state index is 14.7. The van der Waals surface area contributed by atoms with Crippen molar-refractivity contribution >= 4 is 26.8 Å². The van der Waals surface area contributed by atoms with Gasteiger partial charge in [-0.2, -0.15) is 21.6 Å². The smallest absolute Gasteiger partial charge is 0.339 e. The molecule has 0 spiro atoms. The lowest BCUT2D eigenvalue weighted by Crippen LogP contribution is -2.33. The zero-order valence-corrected chi connectivity index (χ0v) is 21.3. The monoisotopic (exact) mass is 589 g/mol. The van der Waals surface area contributed by atoms with Gasteiger partial charge < -0.3 is 14.1 Å². The first kappa shape index (κ1) is 29.3. The number of sulfonamides is 1. The topological polar surface area (TPSA) is 119 Å². The highest BCUT2D eigenvalue weighted by Crippen LogP contribution is 2.38. The first-order valence-corrected chi connectivity index (χ1v) is 13.0. The third kappa shape index (κ3) is 5.50. The number of aromatic nitrogens is 4. The van der Waals surface area contributed by atoms with Crippen molar-refractivity contribution in [2.24, 2.45) is 7.05 Å². The number of rotatable bonds is 6. The third-order valence-electron chi connectivity index (χ3n) is 6.16. The van der Waals surface area contributed by atoms with Crippen LogP contribution in [0, 0.1) is 5.82 Å². The van der Waals surface area contributed by atoms with Crippen LogP contribution in [0.4, 0.5) is 17.6 Å². The molecule has 0 unspecified atom stereocenters. The third-order valence-corrected chi connectivity index (χ3v) is 7.38. The highest BCUT2D eigenvalue weighted by atomic mass is 32.2. The summed E-state index contributed by atoms with van der Waals surface area (Å²) in [5, 5.41) is -0.651. The van der Waals surface area contributed by atoms with Gasteiger partial charge in [0, 0.05) is 47.0 Å². The van der Waals surface area contributed by atoms with E-state index in [4.69, 9.17) is 0 Å². The number of aryl methyl sites for hydroxylation is 1. The average Bonchev–Trinajstić information content (AvgIpc) is 3.47. The van der Waals surface area contributed by atoms with Crippen molar-refractivity contribution < 1.29 is 30.8 Å². The maximum Gasteiger partial charge on any atom is 0.416 e. The minimum Gasteiger partial charge on any atom is -0.339 e. The molecule has 0 bridgehead atoms. The zero-order valence-electron chi connectivity index (χ0n) is 20.5. The number of nitrogens with one attached hydrogen (secondary N) is 2. The highest BCUT2D eigenvalue weighted by molar-refractivity contribution is 7.90. The summed E-state index contributed by atoms with van der Waals surface area (Å²) in [7, 11) is -3.04. The number of hydrogen-bond donors (Lipinski definition) is 2. The van der Waals surface area contributed by atoms with Crippen molar-refractivity contribution in [3.8, 4) is 11.1 Å². The van der Waals surface area contributed by atoms with Crippen molar-refractivity contribution in [1.29, 1.82) is 0 Å². The van der Waals surface area contributed by atoms with Crippen molar-refractivity contribution in [2.45, 2.75) is 25.2 Å². The summed E-state index contributed by atoms with van der Waals surface area (Å²) >= 11 is 0. The number of halogens is 4. The molecule has 14 heteroatoms. The van der Waals surface area contributed by atoms with E-state index >= 15 is 0 Å². The van der Waals surface area contributed by atoms with Crippen LogP contribution in [-0.2, 0) is 29.8 Å². The lowest BCUT2D eigenvalue weighted by molar-refractivity contribution is -0.137. The van der Waals surface area contributed by atoms with Gasteiger partial charge >= 0.3 is 6.18 Å². The molecule has 0 saturated carbocycles. The summed E-state index contributed by atoms with van der Waals surface area (Å²) in [5.74, 6) is -1.92. The summed E-state index contributed by atoms with van der Waals surface area (Å²) in [6.45, 7) is -0.369. The Morgan fingerprint density at radius 2 is 1.83 bits per heavy atom. The highest BCUT2D eigenvalue weighted by Gasteiger charge is 2.34. The van der Waals surface area contributed by atoms with E-state index in [2.05, 4.69) is 9.97 Å². The van der Waals surface area contributed by atoms with E-state index in [0.29, 0.717) is 0 Å². The lowest BCUT2D eigenvalue weighted by atomic mass is 10.0. The molecular weight excluding hydrogens is 566 g/mol. The number of pyridine rings is 1. The fourth-order valence-corrected chi connectivity index (χ4v) is 5.31. The van der Waals surface area contributed by atoms with Crippen molar-refractivity contribution in [2.75, 3.05) is 0 Å². The fourth-order valence-electron chi connectivity index (χ4n) is 4.37. The number of alkyl halides is 3. The number of aromatic amines is 1. The van der Waals surface area contributed by atoms with Crippen LogP contribution >= 0.6 is 0 Å². The van der Waals surface area contributed by atoms with E-state index in [0.717, 1.165) is 30.5 Å². The molecule has 5 aromatic rings. The van der Waals surface area contributed by atoms with Gasteiger partial charge in [-0.05, 0) is 36.4 Å². The Morgan fingerprint density at radius 3 is 2.46 bits per heavy atom. The van der Waals surface area contributed by atoms with Gasteiger partial charge in [0.25, 0.3) is 21.5 Å². The molecular formula is C27H23F4N5O4S. The molecule has 41 heavy (non-hydrogen) atoms. The van der Waals surface area contributed by atoms with Crippen LogP contribution in [0.1, 0.15) is 29.0 Å². The van der Waals surface area contributed by atoms with Gasteiger partial charge in [0.2, 0.25) is 0 Å². The number of benzene rings is 2. The number of amides is 1. The predicted molar refractivity (Wildman–Crippen MR) is 143 cm³/mol. The molecule has 214 valence electrons. The van der Waals surface area contributed by atoms with Gasteiger partial charge in [0.15, 0.2) is 5.03 Å². The summed E-state index contributed by atoms with van der Waals surface area (Å²) < 4.78 is 86.2. The summed E-state index contributed by atoms with van der Waals surface area (Å²) in [5.41, 5.74) is -2.62. The normalized spacial score (nSPS) is 11.8. The van der Waals surface area contributed by atoms with Crippen LogP contribution in [0.5, 0.6) is 0 Å². The van der Waals surface area contributed by atoms with Crippen LogP contribution in [0.2, 0.25) is 0 Å². The maximum atomic E-state index is 14.7. The second-order valence-electron chi connectivity index (χ2n) is 8.86. The predicted octanol–water partition coefficient (Wildman–Crippen LogP) is 4.69. The molecule has 3 aromatic heterocycles. The van der Waals surface area contributed by atoms with Gasteiger partial charge in [-0.3, -0.25) is 9.59 Å². The molecule has 9 nitrogen and oxygen atoms in total. The zero-order chi connectivity index (χ0) is 28.8. The molecule has 0 fully saturated rings. The Hall–Kier alpha value is -4.72. The van der Waals surface area contributed by atoms with Crippen molar-refractivity contribution in [1.82, 2.24) is 23.8 Å². The van der Waals surface area contributed by atoms with Gasteiger partial charge in [-0.15, -0.1) is 0 Å². The Labute approximate surface area is 231 Å². The number of imidazole rings is 1. The molecule has 2 N–H and O–H groups in total. The SMILES string of the molecule is C.Cn1cnc(S(=O)(=O)NC(=O)c2c(-c3ccc[nH]c3=O)c3cc(C(F)(F)F)ccc3n2Cc2ccccc2F)c1. The second-order valence-corrected chi connectivity index (χ2v) is 10.5. The van der Waals surface area contributed by atoms with Gasteiger partial charge in [0.1, 0.15) is 11.5 Å². The molecule has 0 aliphatic heterocycles. The van der Waals surface area contributed by atoms with Crippen LogP contribution < -0.4 is 10.3 Å². The molecule has 0 aliphatic rings. The summed E-state index contributed by atoms with van der Waals surface area (Å²) in [4.78, 5) is 32.7. The molecule has 0 radical (unpaired) electrons. The van der Waals surface area contributed by atoms with E-state index < -0.39 is 49.8 Å². The minimum atomic E-state index is -4.77.